The van der Waals surface area contributed by atoms with Crippen molar-refractivity contribution in [3.05, 3.63) is 48.6 Å². The number of esters is 1. The van der Waals surface area contributed by atoms with Crippen molar-refractivity contribution in [2.45, 2.75) is 174 Å². The average molecular weight is 740 g/mol. The molecule has 0 rings (SSSR count). The molecule has 0 saturated heterocycles. The first-order valence-corrected chi connectivity index (χ1v) is 21.6. The number of amides is 1. The summed E-state index contributed by atoms with van der Waals surface area (Å²) in [7, 11) is -4.43. The minimum absolute atomic E-state index is 0.0520. The molecule has 3 N–H and O–H groups in total. The highest BCUT2D eigenvalue weighted by Gasteiger charge is 2.23. The zero-order valence-electron chi connectivity index (χ0n) is 32.3. The standard InChI is InChI=1S/C41H74NO8P/c1-3-5-7-9-11-13-15-17-18-19-20-22-23-25-27-29-31-33-40(44)42-35-36-49-51(46,47)50-38-39(43)37-48-41(45)34-32-30-28-26-24-21-16-14-12-10-8-6-4-2/h11,13,17-18,20,22,25,27,39,43H,3-10,12,14-16,19,21,23-24,26,28-38H2,1-2H3,(H,42,44)(H,46,47)/b13-11-,18-17-,22-20-,27-25-. The zero-order valence-corrected chi connectivity index (χ0v) is 33.2. The molecule has 10 heteroatoms. The third-order valence-electron chi connectivity index (χ3n) is 8.26. The predicted molar refractivity (Wildman–Crippen MR) is 210 cm³/mol. The second kappa shape index (κ2) is 37.7. The maximum atomic E-state index is 12.1. The van der Waals surface area contributed by atoms with E-state index in [9.17, 15) is 24.2 Å². The van der Waals surface area contributed by atoms with Gasteiger partial charge in [0, 0.05) is 19.4 Å². The normalized spacial score (nSPS) is 13.9. The summed E-state index contributed by atoms with van der Waals surface area (Å²) in [6, 6.07) is 0. The van der Waals surface area contributed by atoms with Crippen LogP contribution in [0.15, 0.2) is 48.6 Å². The zero-order chi connectivity index (χ0) is 37.5. The van der Waals surface area contributed by atoms with Gasteiger partial charge in [0.15, 0.2) is 0 Å². The molecule has 0 aliphatic rings. The lowest BCUT2D eigenvalue weighted by molar-refractivity contribution is -0.147. The molecule has 0 fully saturated rings. The predicted octanol–water partition coefficient (Wildman–Crippen LogP) is 10.8. The van der Waals surface area contributed by atoms with Gasteiger partial charge in [-0.3, -0.25) is 18.6 Å². The molecule has 0 heterocycles. The molecule has 0 aliphatic heterocycles. The Bertz CT molecular complexity index is 981. The second-order valence-corrected chi connectivity index (χ2v) is 14.7. The van der Waals surface area contributed by atoms with E-state index in [0.717, 1.165) is 44.9 Å². The van der Waals surface area contributed by atoms with Crippen LogP contribution in [0, 0.1) is 0 Å². The van der Waals surface area contributed by atoms with Crippen molar-refractivity contribution < 1.29 is 37.9 Å². The molecule has 2 unspecified atom stereocenters. The van der Waals surface area contributed by atoms with Gasteiger partial charge < -0.3 is 20.1 Å². The first-order valence-electron chi connectivity index (χ1n) is 20.1. The van der Waals surface area contributed by atoms with Crippen LogP contribution in [0.5, 0.6) is 0 Å². The lowest BCUT2D eigenvalue weighted by atomic mass is 10.0. The van der Waals surface area contributed by atoms with Crippen molar-refractivity contribution in [2.24, 2.45) is 0 Å². The Hall–Kier alpha value is -2.03. The van der Waals surface area contributed by atoms with Gasteiger partial charge in [0.05, 0.1) is 13.2 Å². The highest BCUT2D eigenvalue weighted by molar-refractivity contribution is 7.47. The highest BCUT2D eigenvalue weighted by atomic mass is 31.2. The van der Waals surface area contributed by atoms with Crippen molar-refractivity contribution >= 4 is 19.7 Å². The van der Waals surface area contributed by atoms with Crippen LogP contribution in [0.2, 0.25) is 0 Å². The monoisotopic (exact) mass is 740 g/mol. The van der Waals surface area contributed by atoms with E-state index < -0.39 is 26.5 Å². The molecule has 1 amide bonds. The SMILES string of the molecule is CCCCC/C=C\C/C=C\C/C=C\C/C=C\CCCC(=O)NCCOP(=O)(O)OCC(O)COC(=O)CCCCCCCCCCCCCCC. The van der Waals surface area contributed by atoms with E-state index in [1.807, 2.05) is 0 Å². The van der Waals surface area contributed by atoms with Gasteiger partial charge in [0.2, 0.25) is 5.91 Å². The summed E-state index contributed by atoms with van der Waals surface area (Å²) in [4.78, 5) is 33.8. The first-order chi connectivity index (χ1) is 24.8. The number of aliphatic hydroxyl groups excluding tert-OH is 1. The fraction of sp³-hybridized carbons (Fsp3) is 0.756. The fourth-order valence-corrected chi connectivity index (χ4v) is 5.95. The Kier molecular flexibility index (Phi) is 36.2. The number of carbonyl (C=O) groups is 2. The first kappa shape index (κ1) is 49.0. The van der Waals surface area contributed by atoms with Crippen molar-refractivity contribution in [1.29, 1.82) is 0 Å². The van der Waals surface area contributed by atoms with Crippen molar-refractivity contribution in [3.8, 4) is 0 Å². The number of ether oxygens (including phenoxy) is 1. The summed E-state index contributed by atoms with van der Waals surface area (Å²) in [5, 5.41) is 12.6. The summed E-state index contributed by atoms with van der Waals surface area (Å²) < 4.78 is 26.8. The summed E-state index contributed by atoms with van der Waals surface area (Å²) in [5.74, 6) is -0.574. The van der Waals surface area contributed by atoms with Crippen molar-refractivity contribution in [3.63, 3.8) is 0 Å². The van der Waals surface area contributed by atoms with E-state index in [0.29, 0.717) is 12.8 Å². The number of phosphoric acid groups is 1. The largest absolute Gasteiger partial charge is 0.472 e. The number of rotatable bonds is 37. The van der Waals surface area contributed by atoms with Crippen molar-refractivity contribution in [1.82, 2.24) is 5.32 Å². The molecule has 0 bridgehead atoms. The molecular formula is C41H74NO8P. The van der Waals surface area contributed by atoms with Gasteiger partial charge in [0.1, 0.15) is 12.7 Å². The molecule has 0 radical (unpaired) electrons. The Balaban J connectivity index is 3.70. The maximum absolute atomic E-state index is 12.1. The Morgan fingerprint density at radius 2 is 1.08 bits per heavy atom. The van der Waals surface area contributed by atoms with E-state index in [1.165, 1.54) is 89.9 Å². The molecule has 296 valence electrons. The summed E-state index contributed by atoms with van der Waals surface area (Å²) in [5.41, 5.74) is 0. The summed E-state index contributed by atoms with van der Waals surface area (Å²) in [6.07, 6.45) is 41.9. The summed E-state index contributed by atoms with van der Waals surface area (Å²) >= 11 is 0. The topological polar surface area (TPSA) is 131 Å². The minimum Gasteiger partial charge on any atom is -0.463 e. The number of allylic oxidation sites excluding steroid dienone is 8. The lowest BCUT2D eigenvalue weighted by Gasteiger charge is -2.15. The molecular weight excluding hydrogens is 665 g/mol. The van der Waals surface area contributed by atoms with Gasteiger partial charge in [-0.25, -0.2) is 4.57 Å². The number of unbranched alkanes of at least 4 members (excludes halogenated alkanes) is 16. The van der Waals surface area contributed by atoms with Gasteiger partial charge in [-0.1, -0.05) is 152 Å². The van der Waals surface area contributed by atoms with Crippen molar-refractivity contribution in [2.75, 3.05) is 26.4 Å². The third kappa shape index (κ3) is 39.0. The summed E-state index contributed by atoms with van der Waals surface area (Å²) in [6.45, 7) is 3.44. The third-order valence-corrected chi connectivity index (χ3v) is 9.25. The number of hydrogen-bond donors (Lipinski definition) is 3. The number of phosphoric ester groups is 1. The Morgan fingerprint density at radius 1 is 0.608 bits per heavy atom. The quantitative estimate of drug-likeness (QED) is 0.0248. The van der Waals surface area contributed by atoms with E-state index in [-0.39, 0.29) is 32.1 Å². The number of nitrogens with one attached hydrogen (secondary N) is 1. The van der Waals surface area contributed by atoms with Crippen LogP contribution in [0.25, 0.3) is 0 Å². The number of carbonyl (C=O) groups excluding carboxylic acids is 2. The van der Waals surface area contributed by atoms with Crippen LogP contribution in [0.4, 0.5) is 0 Å². The van der Waals surface area contributed by atoms with Gasteiger partial charge in [0.25, 0.3) is 0 Å². The smallest absolute Gasteiger partial charge is 0.463 e. The van der Waals surface area contributed by atoms with E-state index in [4.69, 9.17) is 13.8 Å². The molecule has 0 spiro atoms. The molecule has 0 aliphatic carbocycles. The molecule has 9 nitrogen and oxygen atoms in total. The minimum atomic E-state index is -4.43. The van der Waals surface area contributed by atoms with E-state index >= 15 is 0 Å². The van der Waals surface area contributed by atoms with Crippen LogP contribution in [0.3, 0.4) is 0 Å². The number of hydrogen-bond acceptors (Lipinski definition) is 7. The molecule has 0 saturated carbocycles. The molecule has 51 heavy (non-hydrogen) atoms. The van der Waals surface area contributed by atoms with Crippen LogP contribution >= 0.6 is 7.82 Å². The number of aliphatic hydroxyl groups is 1. The van der Waals surface area contributed by atoms with Crippen LogP contribution in [-0.2, 0) is 27.9 Å². The fourth-order valence-electron chi connectivity index (χ4n) is 5.20. The molecule has 0 aromatic rings. The molecule has 0 aromatic carbocycles. The van der Waals surface area contributed by atoms with Gasteiger partial charge in [-0.05, 0) is 51.4 Å². The van der Waals surface area contributed by atoms with E-state index in [2.05, 4.69) is 67.8 Å². The highest BCUT2D eigenvalue weighted by Crippen LogP contribution is 2.42. The lowest BCUT2D eigenvalue weighted by Crippen LogP contribution is -2.27. The maximum Gasteiger partial charge on any atom is 0.472 e. The Labute approximate surface area is 311 Å². The van der Waals surface area contributed by atoms with Crippen LogP contribution in [-0.4, -0.2) is 54.3 Å². The van der Waals surface area contributed by atoms with Crippen LogP contribution < -0.4 is 5.32 Å². The van der Waals surface area contributed by atoms with Gasteiger partial charge >= 0.3 is 13.8 Å². The molecule has 2 atom stereocenters. The second-order valence-electron chi connectivity index (χ2n) is 13.3. The van der Waals surface area contributed by atoms with Gasteiger partial charge in [-0.2, -0.15) is 0 Å². The molecule has 0 aromatic heterocycles. The van der Waals surface area contributed by atoms with E-state index in [1.54, 1.807) is 0 Å². The average Bonchev–Trinajstić information content (AvgIpc) is 3.11. The van der Waals surface area contributed by atoms with Gasteiger partial charge in [-0.15, -0.1) is 0 Å². The van der Waals surface area contributed by atoms with Crippen LogP contribution in [0.1, 0.15) is 168 Å². The Morgan fingerprint density at radius 3 is 1.63 bits per heavy atom.